The molecule has 1 heterocycles. The van der Waals surface area contributed by atoms with Gasteiger partial charge in [-0.1, -0.05) is 12.1 Å². The summed E-state index contributed by atoms with van der Waals surface area (Å²) in [5.74, 6) is -0.327. The van der Waals surface area contributed by atoms with Gasteiger partial charge < -0.3 is 10.4 Å². The molecule has 0 bridgehead atoms. The zero-order valence-electron chi connectivity index (χ0n) is 11.1. The topological polar surface area (TPSA) is 61.7 Å². The van der Waals surface area contributed by atoms with Crippen molar-refractivity contribution in [3.8, 4) is 0 Å². The monoisotopic (exact) mass is 276 g/mol. The first kappa shape index (κ1) is 13.1. The normalized spacial score (nSPS) is 28.4. The lowest BCUT2D eigenvalue weighted by Crippen LogP contribution is -2.41. The van der Waals surface area contributed by atoms with E-state index in [2.05, 4.69) is 10.3 Å². The number of benzene rings is 1. The van der Waals surface area contributed by atoms with Gasteiger partial charge in [0.05, 0.1) is 18.0 Å². The van der Waals surface area contributed by atoms with Crippen molar-refractivity contribution in [2.75, 3.05) is 0 Å². The number of carboxylic acids is 1. The standard InChI is InChI=1S/C15H17FN2O2/c16-11-4-1-9(2-5-11)7-14-17-12-6-3-10(15(19)20)8-13(12)18-14/h1-2,4-5,10,12-13H,3,6-8H2,(H,17,18)(H,19,20). The SMILES string of the molecule is O=C(O)C1CCC2N=C(Cc3ccc(F)cc3)NC2C1. The summed E-state index contributed by atoms with van der Waals surface area (Å²) in [6.45, 7) is 0. The zero-order chi connectivity index (χ0) is 14.1. The molecule has 1 aromatic carbocycles. The molecule has 0 aromatic heterocycles. The quantitative estimate of drug-likeness (QED) is 0.887. The maximum absolute atomic E-state index is 12.9. The number of nitrogens with one attached hydrogen (secondary N) is 1. The molecule has 3 unspecified atom stereocenters. The van der Waals surface area contributed by atoms with Crippen molar-refractivity contribution in [1.29, 1.82) is 0 Å². The molecule has 1 aliphatic heterocycles. The molecule has 2 N–H and O–H groups in total. The fourth-order valence-electron chi connectivity index (χ4n) is 3.03. The van der Waals surface area contributed by atoms with Crippen LogP contribution in [0, 0.1) is 11.7 Å². The lowest BCUT2D eigenvalue weighted by Gasteiger charge is -2.28. The van der Waals surface area contributed by atoms with Crippen LogP contribution in [0.15, 0.2) is 29.3 Å². The number of amidine groups is 1. The maximum Gasteiger partial charge on any atom is 0.306 e. The van der Waals surface area contributed by atoms with E-state index in [0.717, 1.165) is 17.8 Å². The van der Waals surface area contributed by atoms with Gasteiger partial charge in [0.15, 0.2) is 0 Å². The maximum atomic E-state index is 12.9. The zero-order valence-corrected chi connectivity index (χ0v) is 11.1. The van der Waals surface area contributed by atoms with Gasteiger partial charge in [-0.15, -0.1) is 0 Å². The molecule has 20 heavy (non-hydrogen) atoms. The first-order valence-electron chi connectivity index (χ1n) is 6.92. The summed E-state index contributed by atoms with van der Waals surface area (Å²) in [5.41, 5.74) is 1.01. The van der Waals surface area contributed by atoms with E-state index in [4.69, 9.17) is 5.11 Å². The van der Waals surface area contributed by atoms with Crippen molar-refractivity contribution in [1.82, 2.24) is 5.32 Å². The fraction of sp³-hybridized carbons (Fsp3) is 0.467. The largest absolute Gasteiger partial charge is 0.481 e. The Labute approximate surface area is 116 Å². The van der Waals surface area contributed by atoms with Gasteiger partial charge in [0.25, 0.3) is 0 Å². The number of hydrogen-bond acceptors (Lipinski definition) is 3. The minimum Gasteiger partial charge on any atom is -0.481 e. The molecule has 0 saturated heterocycles. The summed E-state index contributed by atoms with van der Waals surface area (Å²) in [7, 11) is 0. The number of halogens is 1. The Balaban J connectivity index is 1.63. The summed E-state index contributed by atoms with van der Waals surface area (Å²) < 4.78 is 12.9. The molecule has 106 valence electrons. The molecule has 1 aliphatic carbocycles. The second-order valence-corrected chi connectivity index (χ2v) is 5.55. The molecule has 1 fully saturated rings. The van der Waals surface area contributed by atoms with E-state index in [1.807, 2.05) is 0 Å². The molecular weight excluding hydrogens is 259 g/mol. The van der Waals surface area contributed by atoms with E-state index in [1.54, 1.807) is 12.1 Å². The van der Waals surface area contributed by atoms with Crippen LogP contribution in [0.2, 0.25) is 0 Å². The average Bonchev–Trinajstić information content (AvgIpc) is 2.82. The predicted octanol–water partition coefficient (Wildman–Crippen LogP) is 1.99. The average molecular weight is 276 g/mol. The number of aliphatic imine (C=N–C) groups is 1. The molecule has 1 saturated carbocycles. The van der Waals surface area contributed by atoms with Crippen molar-refractivity contribution in [3.05, 3.63) is 35.6 Å². The third-order valence-electron chi connectivity index (χ3n) is 4.12. The molecule has 0 amide bonds. The van der Waals surface area contributed by atoms with Crippen LogP contribution in [0.3, 0.4) is 0 Å². The van der Waals surface area contributed by atoms with Gasteiger partial charge >= 0.3 is 5.97 Å². The van der Waals surface area contributed by atoms with Crippen molar-refractivity contribution >= 4 is 11.8 Å². The molecule has 1 aromatic rings. The van der Waals surface area contributed by atoms with Crippen LogP contribution in [0.5, 0.6) is 0 Å². The van der Waals surface area contributed by atoms with Crippen LogP contribution in [0.1, 0.15) is 24.8 Å². The number of nitrogens with zero attached hydrogens (tertiary/aromatic N) is 1. The Hall–Kier alpha value is -1.91. The lowest BCUT2D eigenvalue weighted by molar-refractivity contribution is -0.143. The molecule has 2 aliphatic rings. The lowest BCUT2D eigenvalue weighted by atomic mass is 9.83. The molecular formula is C15H17FN2O2. The molecule has 0 radical (unpaired) electrons. The van der Waals surface area contributed by atoms with Crippen molar-refractivity contribution in [3.63, 3.8) is 0 Å². The summed E-state index contributed by atoms with van der Waals surface area (Å²) in [6.07, 6.45) is 2.80. The van der Waals surface area contributed by atoms with Gasteiger partial charge in [0, 0.05) is 6.42 Å². The number of carbonyl (C=O) groups is 1. The Morgan fingerprint density at radius 2 is 2.10 bits per heavy atom. The highest BCUT2D eigenvalue weighted by molar-refractivity contribution is 5.86. The summed E-state index contributed by atoms with van der Waals surface area (Å²) in [4.78, 5) is 15.7. The van der Waals surface area contributed by atoms with Crippen LogP contribution in [-0.4, -0.2) is 29.0 Å². The Bertz CT molecular complexity index is 541. The minimum absolute atomic E-state index is 0.139. The van der Waals surface area contributed by atoms with E-state index in [-0.39, 0.29) is 23.8 Å². The molecule has 0 spiro atoms. The highest BCUT2D eigenvalue weighted by Crippen LogP contribution is 2.30. The first-order chi connectivity index (χ1) is 9.61. The summed E-state index contributed by atoms with van der Waals surface area (Å²) in [6, 6.07) is 6.72. The van der Waals surface area contributed by atoms with Gasteiger partial charge in [-0.3, -0.25) is 9.79 Å². The van der Waals surface area contributed by atoms with Crippen LogP contribution in [0.4, 0.5) is 4.39 Å². The van der Waals surface area contributed by atoms with Gasteiger partial charge in [0.1, 0.15) is 11.7 Å². The number of hydrogen-bond donors (Lipinski definition) is 2. The molecule has 4 nitrogen and oxygen atoms in total. The van der Waals surface area contributed by atoms with Gasteiger partial charge in [-0.05, 0) is 37.0 Å². The predicted molar refractivity (Wildman–Crippen MR) is 73.2 cm³/mol. The first-order valence-corrected chi connectivity index (χ1v) is 6.92. The van der Waals surface area contributed by atoms with Crippen LogP contribution >= 0.6 is 0 Å². The number of rotatable bonds is 3. The van der Waals surface area contributed by atoms with Crippen LogP contribution < -0.4 is 5.32 Å². The third-order valence-corrected chi connectivity index (χ3v) is 4.12. The number of carboxylic acid groups (broad SMARTS) is 1. The highest BCUT2D eigenvalue weighted by atomic mass is 19.1. The minimum atomic E-state index is -0.711. The van der Waals surface area contributed by atoms with Crippen LogP contribution in [-0.2, 0) is 11.2 Å². The van der Waals surface area contributed by atoms with E-state index >= 15 is 0 Å². The van der Waals surface area contributed by atoms with Gasteiger partial charge in [-0.25, -0.2) is 4.39 Å². The van der Waals surface area contributed by atoms with Crippen molar-refractivity contribution in [2.24, 2.45) is 10.9 Å². The number of fused-ring (bicyclic) bond motifs is 1. The summed E-state index contributed by atoms with van der Waals surface area (Å²) >= 11 is 0. The molecule has 3 rings (SSSR count). The van der Waals surface area contributed by atoms with Crippen molar-refractivity contribution in [2.45, 2.75) is 37.8 Å². The smallest absolute Gasteiger partial charge is 0.306 e. The van der Waals surface area contributed by atoms with E-state index in [9.17, 15) is 9.18 Å². The Morgan fingerprint density at radius 1 is 1.35 bits per heavy atom. The van der Waals surface area contributed by atoms with Gasteiger partial charge in [0.2, 0.25) is 0 Å². The Kier molecular flexibility index (Phi) is 3.42. The van der Waals surface area contributed by atoms with Crippen molar-refractivity contribution < 1.29 is 14.3 Å². The third kappa shape index (κ3) is 2.66. The van der Waals surface area contributed by atoms with E-state index in [0.29, 0.717) is 19.3 Å². The second kappa shape index (κ2) is 5.23. The molecule has 3 atom stereocenters. The van der Waals surface area contributed by atoms with E-state index in [1.165, 1.54) is 12.1 Å². The molecule has 5 heteroatoms. The highest BCUT2D eigenvalue weighted by Gasteiger charge is 2.37. The van der Waals surface area contributed by atoms with E-state index < -0.39 is 5.97 Å². The van der Waals surface area contributed by atoms with Gasteiger partial charge in [-0.2, -0.15) is 0 Å². The fourth-order valence-corrected chi connectivity index (χ4v) is 3.03. The second-order valence-electron chi connectivity index (χ2n) is 5.55. The van der Waals surface area contributed by atoms with Crippen LogP contribution in [0.25, 0.3) is 0 Å². The Morgan fingerprint density at radius 3 is 2.80 bits per heavy atom. The summed E-state index contributed by atoms with van der Waals surface area (Å²) in [5, 5.41) is 12.4. The number of aliphatic carboxylic acids is 1.